The quantitative estimate of drug-likeness (QED) is 0.493. The summed E-state index contributed by atoms with van der Waals surface area (Å²) in [4.78, 5) is 0. The van der Waals surface area contributed by atoms with Gasteiger partial charge in [0.25, 0.3) is 0 Å². The van der Waals surface area contributed by atoms with Crippen molar-refractivity contribution in [2.45, 2.75) is 38.5 Å². The maximum Gasteiger partial charge on any atom is -0.0167 e. The Kier molecular flexibility index (Phi) is 4.84. The van der Waals surface area contributed by atoms with Crippen molar-refractivity contribution in [2.24, 2.45) is 0 Å². The fraction of sp³-hybridized carbons (Fsp3) is 0.545. The monoisotopic (exact) mass is 149 g/mol. The molecular formula is C11H17. The topological polar surface area (TPSA) is 0 Å². The smallest absolute Gasteiger partial charge is 0.0167 e. The molecule has 11 heavy (non-hydrogen) atoms. The highest BCUT2D eigenvalue weighted by Crippen LogP contribution is 2.08. The molecule has 0 heterocycles. The molecule has 0 fully saturated rings. The van der Waals surface area contributed by atoms with Crippen molar-refractivity contribution in [1.82, 2.24) is 0 Å². The van der Waals surface area contributed by atoms with Gasteiger partial charge in [0, 0.05) is 0 Å². The largest absolute Gasteiger partial charge is 0.0845 e. The van der Waals surface area contributed by atoms with Gasteiger partial charge in [-0.3, -0.25) is 0 Å². The first kappa shape index (κ1) is 8.58. The first-order chi connectivity index (χ1) is 5.50. The first-order valence-electron chi connectivity index (χ1n) is 4.65. The molecule has 0 amide bonds. The third kappa shape index (κ3) is 4.83. The number of hydrogen-bond donors (Lipinski definition) is 0. The summed E-state index contributed by atoms with van der Waals surface area (Å²) in [5, 5.41) is 0. The summed E-state index contributed by atoms with van der Waals surface area (Å²) in [5.41, 5.74) is 0. The van der Waals surface area contributed by atoms with Crippen LogP contribution in [0.2, 0.25) is 0 Å². The second-order valence-corrected chi connectivity index (χ2v) is 3.04. The Morgan fingerprint density at radius 1 is 0.636 bits per heavy atom. The van der Waals surface area contributed by atoms with E-state index < -0.39 is 0 Å². The first-order valence-corrected chi connectivity index (χ1v) is 4.65. The molecule has 0 unspecified atom stereocenters. The molecule has 0 heteroatoms. The molecule has 1 aliphatic carbocycles. The maximum absolute atomic E-state index is 2.26. The van der Waals surface area contributed by atoms with E-state index in [0.29, 0.717) is 0 Å². The van der Waals surface area contributed by atoms with Gasteiger partial charge in [0.1, 0.15) is 0 Å². The van der Waals surface area contributed by atoms with Crippen LogP contribution in [0.1, 0.15) is 38.5 Å². The maximum atomic E-state index is 2.26. The third-order valence-electron chi connectivity index (χ3n) is 1.99. The van der Waals surface area contributed by atoms with Crippen LogP contribution in [-0.2, 0) is 0 Å². The number of allylic oxidation sites excluding steroid dienone is 4. The van der Waals surface area contributed by atoms with Crippen molar-refractivity contribution < 1.29 is 0 Å². The minimum absolute atomic E-state index is 1.25. The van der Waals surface area contributed by atoms with E-state index in [2.05, 4.69) is 30.7 Å². The summed E-state index contributed by atoms with van der Waals surface area (Å²) in [6, 6.07) is 0. The molecule has 0 nitrogen and oxygen atoms in total. The lowest BCUT2D eigenvalue weighted by Crippen LogP contribution is -1.77. The van der Waals surface area contributed by atoms with Gasteiger partial charge in [-0.1, -0.05) is 43.6 Å². The van der Waals surface area contributed by atoms with Crippen molar-refractivity contribution in [2.75, 3.05) is 0 Å². The van der Waals surface area contributed by atoms with Gasteiger partial charge in [0.2, 0.25) is 0 Å². The van der Waals surface area contributed by atoms with Crippen molar-refractivity contribution in [3.05, 3.63) is 30.7 Å². The lowest BCUT2D eigenvalue weighted by molar-refractivity contribution is 0.647. The van der Waals surface area contributed by atoms with E-state index in [-0.39, 0.29) is 0 Å². The van der Waals surface area contributed by atoms with E-state index in [1.165, 1.54) is 38.5 Å². The van der Waals surface area contributed by atoms with Crippen molar-refractivity contribution in [3.63, 3.8) is 0 Å². The molecule has 0 saturated carbocycles. The van der Waals surface area contributed by atoms with Crippen LogP contribution in [0.5, 0.6) is 0 Å². The minimum Gasteiger partial charge on any atom is -0.0845 e. The second-order valence-electron chi connectivity index (χ2n) is 3.04. The van der Waals surface area contributed by atoms with E-state index in [1.54, 1.807) is 0 Å². The van der Waals surface area contributed by atoms with Gasteiger partial charge in [0.05, 0.1) is 0 Å². The van der Waals surface area contributed by atoms with E-state index in [1.807, 2.05) is 0 Å². The second kappa shape index (κ2) is 6.21. The average Bonchev–Trinajstić information content (AvgIpc) is 2.08. The summed E-state index contributed by atoms with van der Waals surface area (Å²) in [5.74, 6) is 0. The zero-order valence-electron chi connectivity index (χ0n) is 7.13. The SMILES string of the molecule is [CH]1C=CC=CCCCCCC1. The highest BCUT2D eigenvalue weighted by molar-refractivity contribution is 5.07. The standard InChI is InChI=1S/C11H17/c1-2-4-6-8-10-11-9-7-5-3-1/h1-5H,6-11H2. The molecule has 0 aliphatic heterocycles. The fourth-order valence-electron chi connectivity index (χ4n) is 1.29. The van der Waals surface area contributed by atoms with Crippen LogP contribution in [-0.4, -0.2) is 0 Å². The van der Waals surface area contributed by atoms with Gasteiger partial charge in [0.15, 0.2) is 0 Å². The van der Waals surface area contributed by atoms with Crippen molar-refractivity contribution in [3.8, 4) is 0 Å². The molecule has 0 N–H and O–H groups in total. The van der Waals surface area contributed by atoms with Gasteiger partial charge >= 0.3 is 0 Å². The zero-order chi connectivity index (χ0) is 7.78. The normalized spacial score (nSPS) is 21.1. The Hall–Kier alpha value is -0.520. The molecule has 1 rings (SSSR count). The molecule has 1 aliphatic rings. The van der Waals surface area contributed by atoms with Crippen LogP contribution in [0.4, 0.5) is 0 Å². The molecule has 0 spiro atoms. The Bertz CT molecular complexity index is 115. The van der Waals surface area contributed by atoms with Crippen LogP contribution in [0.25, 0.3) is 0 Å². The van der Waals surface area contributed by atoms with Gasteiger partial charge < -0.3 is 0 Å². The van der Waals surface area contributed by atoms with Crippen LogP contribution < -0.4 is 0 Å². The molecule has 0 atom stereocenters. The molecule has 0 aromatic rings. The van der Waals surface area contributed by atoms with Gasteiger partial charge in [-0.05, 0) is 25.7 Å². The lowest BCUT2D eigenvalue weighted by atomic mass is 10.1. The summed E-state index contributed by atoms with van der Waals surface area (Å²) in [6.07, 6.45) is 19.0. The summed E-state index contributed by atoms with van der Waals surface area (Å²) < 4.78 is 0. The van der Waals surface area contributed by atoms with E-state index in [0.717, 1.165) is 0 Å². The van der Waals surface area contributed by atoms with E-state index >= 15 is 0 Å². The Morgan fingerprint density at radius 2 is 1.45 bits per heavy atom. The molecular weight excluding hydrogens is 132 g/mol. The van der Waals surface area contributed by atoms with Crippen LogP contribution in [0, 0.1) is 6.42 Å². The van der Waals surface area contributed by atoms with Crippen molar-refractivity contribution in [1.29, 1.82) is 0 Å². The highest BCUT2D eigenvalue weighted by Gasteiger charge is 1.89. The number of hydrogen-bond acceptors (Lipinski definition) is 0. The predicted octanol–water partition coefficient (Wildman–Crippen LogP) is 3.66. The number of rotatable bonds is 0. The lowest BCUT2D eigenvalue weighted by Gasteiger charge is -1.96. The van der Waals surface area contributed by atoms with Gasteiger partial charge in [-0.25, -0.2) is 0 Å². The molecule has 61 valence electrons. The van der Waals surface area contributed by atoms with Crippen LogP contribution in [0.3, 0.4) is 0 Å². The zero-order valence-corrected chi connectivity index (χ0v) is 7.13. The predicted molar refractivity (Wildman–Crippen MR) is 50.3 cm³/mol. The van der Waals surface area contributed by atoms with E-state index in [4.69, 9.17) is 0 Å². The molecule has 0 aromatic carbocycles. The van der Waals surface area contributed by atoms with Crippen molar-refractivity contribution >= 4 is 0 Å². The third-order valence-corrected chi connectivity index (χ3v) is 1.99. The Labute approximate surface area is 70.0 Å². The Morgan fingerprint density at radius 3 is 2.36 bits per heavy atom. The van der Waals surface area contributed by atoms with E-state index in [9.17, 15) is 0 Å². The summed E-state index contributed by atoms with van der Waals surface area (Å²) >= 11 is 0. The molecule has 0 saturated heterocycles. The summed E-state index contributed by atoms with van der Waals surface area (Å²) in [6.45, 7) is 0. The van der Waals surface area contributed by atoms with Crippen LogP contribution in [0.15, 0.2) is 24.3 Å². The highest BCUT2D eigenvalue weighted by atomic mass is 14.0. The Balaban J connectivity index is 2.22. The molecule has 0 bridgehead atoms. The summed E-state index contributed by atoms with van der Waals surface area (Å²) in [7, 11) is 0. The van der Waals surface area contributed by atoms with Crippen LogP contribution >= 0.6 is 0 Å². The molecule has 1 radical (unpaired) electrons. The average molecular weight is 149 g/mol. The molecule has 0 aromatic heterocycles. The van der Waals surface area contributed by atoms with Gasteiger partial charge in [-0.2, -0.15) is 0 Å². The van der Waals surface area contributed by atoms with Gasteiger partial charge in [-0.15, -0.1) is 0 Å². The fourth-order valence-corrected chi connectivity index (χ4v) is 1.29. The minimum atomic E-state index is 1.25.